The quantitative estimate of drug-likeness (QED) is 0.0474. The van der Waals surface area contributed by atoms with Gasteiger partial charge in [-0.15, -0.1) is 0 Å². The van der Waals surface area contributed by atoms with Crippen LogP contribution >= 0.6 is 0 Å². The number of unbranched alkanes of at least 4 members (excludes halogenated alkanes) is 18. The molecule has 2 fully saturated rings. The van der Waals surface area contributed by atoms with Crippen LogP contribution in [-0.2, 0) is 14.3 Å². The van der Waals surface area contributed by atoms with Crippen molar-refractivity contribution in [1.82, 2.24) is 4.90 Å². The van der Waals surface area contributed by atoms with Crippen LogP contribution in [0, 0.1) is 5.92 Å². The van der Waals surface area contributed by atoms with Crippen LogP contribution in [0.25, 0.3) is 0 Å². The average Bonchev–Trinajstić information content (AvgIpc) is 3.66. The Morgan fingerprint density at radius 3 is 1.36 bits per heavy atom. The monoisotopic (exact) mass is 738 g/mol. The molecule has 0 aromatic heterocycles. The summed E-state index contributed by atoms with van der Waals surface area (Å²) in [5.74, 6) is 0.463. The van der Waals surface area contributed by atoms with Crippen LogP contribution in [0.3, 0.4) is 0 Å². The molecular weight excluding hydrogens is 651 g/mol. The highest BCUT2D eigenvalue weighted by atomic mass is 16.8. The van der Waals surface area contributed by atoms with E-state index in [-0.39, 0.29) is 18.0 Å². The molecule has 0 aromatic rings. The Morgan fingerprint density at radius 1 is 0.547 bits per heavy atom. The number of carbonyl (C=O) groups is 1. The summed E-state index contributed by atoms with van der Waals surface area (Å²) in [5.41, 5.74) is 0. The molecule has 306 valence electrons. The van der Waals surface area contributed by atoms with Gasteiger partial charge < -0.3 is 14.4 Å². The van der Waals surface area contributed by atoms with Crippen molar-refractivity contribution in [1.29, 1.82) is 0 Å². The van der Waals surface area contributed by atoms with Crippen molar-refractivity contribution in [2.75, 3.05) is 20.6 Å². The van der Waals surface area contributed by atoms with Gasteiger partial charge in [-0.3, -0.25) is 4.79 Å². The Morgan fingerprint density at radius 2 is 0.943 bits per heavy atom. The van der Waals surface area contributed by atoms with Crippen molar-refractivity contribution in [2.45, 2.75) is 231 Å². The summed E-state index contributed by atoms with van der Waals surface area (Å²) < 4.78 is 13.8. The van der Waals surface area contributed by atoms with Crippen LogP contribution in [0.15, 0.2) is 48.6 Å². The predicted octanol–water partition coefficient (Wildman–Crippen LogP) is 14.6. The smallest absolute Gasteiger partial charge is 0.169 e. The minimum atomic E-state index is -0.388. The molecule has 1 unspecified atom stereocenters. The average molecular weight is 738 g/mol. The first kappa shape index (κ1) is 47.7. The third-order valence-electron chi connectivity index (χ3n) is 11.4. The molecule has 0 spiro atoms. The molecule has 0 N–H and O–H groups in total. The van der Waals surface area contributed by atoms with Crippen molar-refractivity contribution in [3.8, 4) is 0 Å². The maximum absolute atomic E-state index is 12.7. The van der Waals surface area contributed by atoms with Gasteiger partial charge in [-0.1, -0.05) is 140 Å². The highest BCUT2D eigenvalue weighted by molar-refractivity contribution is 5.78. The number of hydrogen-bond donors (Lipinski definition) is 0. The fraction of sp³-hybridized carbons (Fsp3) is 0.816. The summed E-state index contributed by atoms with van der Waals surface area (Å²) in [5, 5.41) is 0. The van der Waals surface area contributed by atoms with Crippen LogP contribution < -0.4 is 0 Å². The van der Waals surface area contributed by atoms with Gasteiger partial charge in [0.25, 0.3) is 0 Å². The SMILES string of the molecule is CCCCC/C=C\C/C=C\CCCCCCCCC1(CCCCCCCC/C=C\C/C=C\CCCCC)O[C@H]2CC(CC(=O)CCCN(C)C)C[C@H]2O1. The lowest BCUT2D eigenvalue weighted by molar-refractivity contribution is -0.193. The van der Waals surface area contributed by atoms with Crippen molar-refractivity contribution in [3.63, 3.8) is 0 Å². The topological polar surface area (TPSA) is 38.8 Å². The number of fused-ring (bicyclic) bond motifs is 1. The number of hydrogen-bond acceptors (Lipinski definition) is 4. The Kier molecular flexibility index (Phi) is 29.4. The van der Waals surface area contributed by atoms with Gasteiger partial charge in [0, 0.05) is 25.7 Å². The molecule has 1 saturated heterocycles. The third kappa shape index (κ3) is 25.3. The van der Waals surface area contributed by atoms with E-state index in [4.69, 9.17) is 9.47 Å². The van der Waals surface area contributed by atoms with Crippen LogP contribution in [0.1, 0.15) is 213 Å². The summed E-state index contributed by atoms with van der Waals surface area (Å²) in [7, 11) is 4.16. The fourth-order valence-electron chi connectivity index (χ4n) is 8.19. The molecule has 1 aliphatic heterocycles. The first-order chi connectivity index (χ1) is 26.0. The molecule has 1 aliphatic carbocycles. The minimum Gasteiger partial charge on any atom is -0.344 e. The van der Waals surface area contributed by atoms with E-state index in [9.17, 15) is 4.79 Å². The van der Waals surface area contributed by atoms with Gasteiger partial charge in [-0.25, -0.2) is 0 Å². The van der Waals surface area contributed by atoms with Crippen LogP contribution in [0.4, 0.5) is 0 Å². The van der Waals surface area contributed by atoms with Crippen molar-refractivity contribution >= 4 is 5.78 Å². The number of rotatable bonds is 36. The van der Waals surface area contributed by atoms with E-state index in [1.807, 2.05) is 0 Å². The normalized spacial score (nSPS) is 20.1. The molecule has 3 atom stereocenters. The van der Waals surface area contributed by atoms with Crippen molar-refractivity contribution in [2.24, 2.45) is 5.92 Å². The van der Waals surface area contributed by atoms with Crippen LogP contribution in [0.2, 0.25) is 0 Å². The Hall–Kier alpha value is -1.49. The molecule has 2 aliphatic rings. The molecule has 1 heterocycles. The number of carbonyl (C=O) groups excluding carboxylic acids is 1. The lowest BCUT2D eigenvalue weighted by Crippen LogP contribution is -2.32. The molecule has 0 bridgehead atoms. The number of ether oxygens (including phenoxy) is 2. The van der Waals surface area contributed by atoms with Gasteiger partial charge in [-0.05, 0) is 123 Å². The summed E-state index contributed by atoms with van der Waals surface area (Å²) in [6.45, 7) is 5.52. The molecule has 53 heavy (non-hydrogen) atoms. The number of Topliss-reactive ketones (excluding diaryl/α,β-unsaturated/α-hetero) is 1. The van der Waals surface area contributed by atoms with Crippen molar-refractivity contribution < 1.29 is 14.3 Å². The van der Waals surface area contributed by atoms with E-state index < -0.39 is 0 Å². The zero-order valence-electron chi connectivity index (χ0n) is 35.7. The minimum absolute atomic E-state index is 0.184. The van der Waals surface area contributed by atoms with E-state index in [2.05, 4.69) is 81.5 Å². The number of ketones is 1. The lowest BCUT2D eigenvalue weighted by Gasteiger charge is -2.30. The van der Waals surface area contributed by atoms with E-state index in [1.165, 1.54) is 141 Å². The number of nitrogens with zero attached hydrogens (tertiary/aromatic N) is 1. The van der Waals surface area contributed by atoms with Gasteiger partial charge in [0.1, 0.15) is 5.78 Å². The molecule has 0 amide bonds. The third-order valence-corrected chi connectivity index (χ3v) is 11.4. The summed E-state index contributed by atoms with van der Waals surface area (Å²) in [6, 6.07) is 0. The molecule has 4 heteroatoms. The zero-order valence-corrected chi connectivity index (χ0v) is 35.7. The maximum Gasteiger partial charge on any atom is 0.169 e. The highest BCUT2D eigenvalue weighted by Crippen LogP contribution is 2.46. The summed E-state index contributed by atoms with van der Waals surface area (Å²) in [6.07, 6.45) is 56.2. The zero-order chi connectivity index (χ0) is 38.1. The van der Waals surface area contributed by atoms with Crippen molar-refractivity contribution in [3.05, 3.63) is 48.6 Å². The lowest BCUT2D eigenvalue weighted by atomic mass is 9.97. The van der Waals surface area contributed by atoms with Crippen LogP contribution in [-0.4, -0.2) is 49.3 Å². The van der Waals surface area contributed by atoms with Gasteiger partial charge in [0.2, 0.25) is 0 Å². The highest BCUT2D eigenvalue weighted by Gasteiger charge is 2.51. The second-order valence-corrected chi connectivity index (χ2v) is 16.9. The molecule has 4 nitrogen and oxygen atoms in total. The molecule has 0 aromatic carbocycles. The summed E-state index contributed by atoms with van der Waals surface area (Å²) >= 11 is 0. The second-order valence-electron chi connectivity index (χ2n) is 16.9. The Balaban J connectivity index is 1.65. The predicted molar refractivity (Wildman–Crippen MR) is 231 cm³/mol. The van der Waals surface area contributed by atoms with E-state index in [0.717, 1.165) is 51.5 Å². The van der Waals surface area contributed by atoms with E-state index in [1.54, 1.807) is 0 Å². The number of allylic oxidation sites excluding steroid dienone is 8. The Bertz CT molecular complexity index is 916. The molecule has 1 saturated carbocycles. The largest absolute Gasteiger partial charge is 0.344 e. The van der Waals surface area contributed by atoms with E-state index in [0.29, 0.717) is 24.5 Å². The van der Waals surface area contributed by atoms with Gasteiger partial charge in [-0.2, -0.15) is 0 Å². The van der Waals surface area contributed by atoms with Gasteiger partial charge in [0.05, 0.1) is 12.2 Å². The second kappa shape index (κ2) is 32.7. The molecule has 2 rings (SSSR count). The van der Waals surface area contributed by atoms with E-state index >= 15 is 0 Å². The Labute approximate surface area is 330 Å². The van der Waals surface area contributed by atoms with Crippen LogP contribution in [0.5, 0.6) is 0 Å². The first-order valence-corrected chi connectivity index (χ1v) is 23.1. The standard InChI is InChI=1S/C49H87NO3/c1-5-7-9-11-13-15-17-19-21-23-25-27-29-31-33-35-39-49(40-36-34-32-30-28-26-24-22-20-18-16-14-12-10-8-6-2)52-47-43-45(44-48(47)53-49)42-46(51)38-37-41-50(3)4/h13-16,19-22,45,47-48H,5-12,17-18,23-44H2,1-4H3/b15-13-,16-14-,21-19-,22-20-/t45?,47-,48+. The maximum atomic E-state index is 12.7. The van der Waals surface area contributed by atoms with Gasteiger partial charge in [0.15, 0.2) is 5.79 Å². The summed E-state index contributed by atoms with van der Waals surface area (Å²) in [4.78, 5) is 14.8. The molecule has 0 radical (unpaired) electrons. The van der Waals surface area contributed by atoms with Gasteiger partial charge >= 0.3 is 0 Å². The molecular formula is C49H87NO3. The first-order valence-electron chi connectivity index (χ1n) is 23.1. The fourth-order valence-corrected chi connectivity index (χ4v) is 8.19.